The number of ether oxygens (including phenoxy) is 1. The Hall–Kier alpha value is -2.37. The summed E-state index contributed by atoms with van der Waals surface area (Å²) in [5, 5.41) is 4.08. The summed E-state index contributed by atoms with van der Waals surface area (Å²) in [5.41, 5.74) is 8.97. The van der Waals surface area contributed by atoms with Gasteiger partial charge in [-0.15, -0.1) is 5.10 Å². The molecule has 0 amide bonds. The smallest absolute Gasteiger partial charge is 0.267 e. The summed E-state index contributed by atoms with van der Waals surface area (Å²) in [7, 11) is 1.50. The molecule has 2 N–H and O–H groups in total. The highest BCUT2D eigenvalue weighted by Gasteiger charge is 2.09. The number of methoxy groups -OCH3 is 1. The predicted molar refractivity (Wildman–Crippen MR) is 72.3 cm³/mol. The van der Waals surface area contributed by atoms with Crippen LogP contribution in [-0.2, 0) is 6.54 Å². The second-order valence-corrected chi connectivity index (χ2v) is 4.30. The largest absolute Gasteiger partial charge is 0.480 e. The second-order valence-electron chi connectivity index (χ2n) is 4.30. The number of rotatable bonds is 3. The summed E-state index contributed by atoms with van der Waals surface area (Å²) >= 11 is 0. The van der Waals surface area contributed by atoms with Crippen molar-refractivity contribution in [2.75, 3.05) is 12.8 Å². The quantitative estimate of drug-likeness (QED) is 0.886. The maximum Gasteiger partial charge on any atom is 0.267 e. The summed E-state index contributed by atoms with van der Waals surface area (Å²) in [4.78, 5) is 16.1. The number of nitrogens with zero attached hydrogens (tertiary/aromatic N) is 3. The van der Waals surface area contributed by atoms with Gasteiger partial charge in [-0.1, -0.05) is 0 Å². The molecule has 2 rings (SSSR count). The number of anilines is 1. The van der Waals surface area contributed by atoms with E-state index in [4.69, 9.17) is 10.5 Å². The molecule has 0 spiro atoms. The molecule has 0 atom stereocenters. The number of nitrogens with two attached hydrogens (primary N) is 1. The van der Waals surface area contributed by atoms with Gasteiger partial charge in [0.25, 0.3) is 5.56 Å². The van der Waals surface area contributed by atoms with Crippen molar-refractivity contribution >= 4 is 5.69 Å². The Balaban J connectivity index is 2.42. The topological polar surface area (TPSA) is 83.0 Å². The predicted octanol–water partition coefficient (Wildman–Crippen LogP) is 0.894. The van der Waals surface area contributed by atoms with E-state index in [2.05, 4.69) is 10.1 Å². The molecule has 0 aliphatic heterocycles. The summed E-state index contributed by atoms with van der Waals surface area (Å²) in [6.45, 7) is 4.05. The second kappa shape index (κ2) is 5.09. The van der Waals surface area contributed by atoms with Crippen LogP contribution in [0.25, 0.3) is 0 Å². The molecular formula is C13H16N4O2. The normalized spacial score (nSPS) is 10.5. The Morgan fingerprint density at radius 3 is 2.79 bits per heavy atom. The Morgan fingerprint density at radius 1 is 1.37 bits per heavy atom. The summed E-state index contributed by atoms with van der Waals surface area (Å²) in [6, 6.07) is 2.95. The Morgan fingerprint density at radius 2 is 2.11 bits per heavy atom. The molecule has 6 heteroatoms. The van der Waals surface area contributed by atoms with E-state index < -0.39 is 0 Å². The first-order valence-corrected chi connectivity index (χ1v) is 5.85. The molecule has 0 saturated carbocycles. The number of aryl methyl sites for hydroxylation is 1. The first-order valence-electron chi connectivity index (χ1n) is 5.85. The highest BCUT2D eigenvalue weighted by molar-refractivity contribution is 5.53. The lowest BCUT2D eigenvalue weighted by molar-refractivity contribution is 0.378. The lowest BCUT2D eigenvalue weighted by Gasteiger charge is -2.11. The lowest BCUT2D eigenvalue weighted by Crippen LogP contribution is -2.23. The van der Waals surface area contributed by atoms with E-state index in [1.807, 2.05) is 13.8 Å². The van der Waals surface area contributed by atoms with Crippen molar-refractivity contribution in [3.63, 3.8) is 0 Å². The van der Waals surface area contributed by atoms with E-state index in [0.29, 0.717) is 11.6 Å². The molecule has 0 saturated heterocycles. The molecule has 2 heterocycles. The van der Waals surface area contributed by atoms with Crippen LogP contribution in [0.2, 0.25) is 0 Å². The molecule has 2 aromatic heterocycles. The molecule has 0 aromatic carbocycles. The average Bonchev–Trinajstić information content (AvgIpc) is 2.41. The van der Waals surface area contributed by atoms with Gasteiger partial charge in [0.2, 0.25) is 5.88 Å². The van der Waals surface area contributed by atoms with Crippen LogP contribution in [0.1, 0.15) is 16.8 Å². The van der Waals surface area contributed by atoms with E-state index >= 15 is 0 Å². The number of pyridine rings is 1. The van der Waals surface area contributed by atoms with Crippen LogP contribution in [0.4, 0.5) is 5.69 Å². The van der Waals surface area contributed by atoms with Gasteiger partial charge in [0.1, 0.15) is 0 Å². The van der Waals surface area contributed by atoms with Crippen LogP contribution in [-0.4, -0.2) is 21.9 Å². The molecule has 0 unspecified atom stereocenters. The molecule has 2 aromatic rings. The molecule has 0 bridgehead atoms. The Labute approximate surface area is 110 Å². The van der Waals surface area contributed by atoms with Crippen molar-refractivity contribution in [1.29, 1.82) is 0 Å². The molecule has 19 heavy (non-hydrogen) atoms. The lowest BCUT2D eigenvalue weighted by atomic mass is 10.1. The molecular weight excluding hydrogens is 244 g/mol. The summed E-state index contributed by atoms with van der Waals surface area (Å²) < 4.78 is 6.31. The monoisotopic (exact) mass is 260 g/mol. The highest BCUT2D eigenvalue weighted by atomic mass is 16.5. The number of hydrogen-bond acceptors (Lipinski definition) is 5. The molecule has 6 nitrogen and oxygen atoms in total. The SMILES string of the molecule is COc1ccc(=O)n(Cc2ncc(C)c(N)c2C)n1. The van der Waals surface area contributed by atoms with Gasteiger partial charge in [0.15, 0.2) is 0 Å². The van der Waals surface area contributed by atoms with Gasteiger partial charge >= 0.3 is 0 Å². The van der Waals surface area contributed by atoms with Crippen molar-refractivity contribution in [1.82, 2.24) is 14.8 Å². The highest BCUT2D eigenvalue weighted by Crippen LogP contribution is 2.18. The molecule has 0 aliphatic rings. The summed E-state index contributed by atoms with van der Waals surface area (Å²) in [6.07, 6.45) is 1.70. The van der Waals surface area contributed by atoms with E-state index in [1.165, 1.54) is 23.9 Å². The third-order valence-electron chi connectivity index (χ3n) is 3.03. The van der Waals surface area contributed by atoms with Crippen LogP contribution in [0.15, 0.2) is 23.1 Å². The minimum absolute atomic E-state index is 0.207. The number of aromatic nitrogens is 3. The average molecular weight is 260 g/mol. The maximum absolute atomic E-state index is 11.7. The van der Waals surface area contributed by atoms with Crippen LogP contribution in [0.5, 0.6) is 5.88 Å². The van der Waals surface area contributed by atoms with E-state index in [0.717, 1.165) is 16.8 Å². The molecule has 0 radical (unpaired) electrons. The van der Waals surface area contributed by atoms with Crippen LogP contribution < -0.4 is 16.0 Å². The van der Waals surface area contributed by atoms with E-state index in [1.54, 1.807) is 6.20 Å². The van der Waals surface area contributed by atoms with Gasteiger partial charge < -0.3 is 10.5 Å². The Kier molecular flexibility index (Phi) is 3.50. The van der Waals surface area contributed by atoms with E-state index in [-0.39, 0.29) is 12.1 Å². The van der Waals surface area contributed by atoms with Crippen LogP contribution in [0, 0.1) is 13.8 Å². The zero-order valence-electron chi connectivity index (χ0n) is 11.2. The number of hydrogen-bond donors (Lipinski definition) is 1. The molecule has 100 valence electrons. The third-order valence-corrected chi connectivity index (χ3v) is 3.03. The third kappa shape index (κ3) is 2.57. The van der Waals surface area contributed by atoms with Gasteiger partial charge in [-0.25, -0.2) is 4.68 Å². The fourth-order valence-electron chi connectivity index (χ4n) is 1.75. The zero-order chi connectivity index (χ0) is 14.0. The van der Waals surface area contributed by atoms with Gasteiger partial charge in [0, 0.05) is 24.0 Å². The minimum atomic E-state index is -0.207. The van der Waals surface area contributed by atoms with Gasteiger partial charge in [-0.2, -0.15) is 0 Å². The van der Waals surface area contributed by atoms with Gasteiger partial charge in [0.05, 0.1) is 19.3 Å². The van der Waals surface area contributed by atoms with Crippen LogP contribution >= 0.6 is 0 Å². The van der Waals surface area contributed by atoms with Crippen molar-refractivity contribution < 1.29 is 4.74 Å². The standard InChI is InChI=1S/C13H16N4O2/c1-8-6-15-10(9(2)13(8)14)7-17-12(18)5-4-11(16-17)19-3/h4-6H,7H2,1-3H3,(H2,14,15). The maximum atomic E-state index is 11.7. The molecule has 0 aliphatic carbocycles. The van der Waals surface area contributed by atoms with Crippen molar-refractivity contribution in [3.05, 3.63) is 45.5 Å². The number of nitrogen functional groups attached to an aromatic ring is 1. The molecule has 0 fully saturated rings. The van der Waals surface area contributed by atoms with Crippen LogP contribution in [0.3, 0.4) is 0 Å². The first-order chi connectivity index (χ1) is 9.02. The first kappa shape index (κ1) is 13.1. The summed E-state index contributed by atoms with van der Waals surface area (Å²) in [5.74, 6) is 0.386. The Bertz CT molecular complexity index is 664. The van der Waals surface area contributed by atoms with E-state index in [9.17, 15) is 4.79 Å². The van der Waals surface area contributed by atoms with Crippen molar-refractivity contribution in [3.8, 4) is 5.88 Å². The fourth-order valence-corrected chi connectivity index (χ4v) is 1.75. The van der Waals surface area contributed by atoms with Crippen molar-refractivity contribution in [2.24, 2.45) is 0 Å². The zero-order valence-corrected chi connectivity index (χ0v) is 11.2. The van der Waals surface area contributed by atoms with Gasteiger partial charge in [-0.05, 0) is 25.0 Å². The minimum Gasteiger partial charge on any atom is -0.480 e. The van der Waals surface area contributed by atoms with Crippen molar-refractivity contribution in [2.45, 2.75) is 20.4 Å². The van der Waals surface area contributed by atoms with Gasteiger partial charge in [-0.3, -0.25) is 9.78 Å². The fraction of sp³-hybridized carbons (Fsp3) is 0.308.